The van der Waals surface area contributed by atoms with Crippen LogP contribution in [0, 0.1) is 5.41 Å². The zero-order valence-electron chi connectivity index (χ0n) is 23.3. The Morgan fingerprint density at radius 3 is 2.32 bits per heavy atom. The van der Waals surface area contributed by atoms with Gasteiger partial charge in [-0.25, -0.2) is 4.79 Å². The lowest BCUT2D eigenvalue weighted by molar-refractivity contribution is -0.154. The van der Waals surface area contributed by atoms with Crippen molar-refractivity contribution in [1.82, 2.24) is 0 Å². The number of benzene rings is 2. The van der Waals surface area contributed by atoms with Gasteiger partial charge in [-0.05, 0) is 37.3 Å². The summed E-state index contributed by atoms with van der Waals surface area (Å²) in [5.41, 5.74) is 1.57. The molecule has 0 saturated carbocycles. The van der Waals surface area contributed by atoms with E-state index in [2.05, 4.69) is 30.9 Å². The first-order valence-electron chi connectivity index (χ1n) is 13.3. The van der Waals surface area contributed by atoms with E-state index < -0.39 is 22.7 Å². The Kier molecular flexibility index (Phi) is 11.2. The Morgan fingerprint density at radius 2 is 1.76 bits per heavy atom. The number of anilines is 2. The molecule has 2 N–H and O–H groups in total. The lowest BCUT2D eigenvalue weighted by Gasteiger charge is -2.42. The van der Waals surface area contributed by atoms with Gasteiger partial charge >= 0.3 is 5.97 Å². The van der Waals surface area contributed by atoms with Gasteiger partial charge in [0, 0.05) is 36.6 Å². The zero-order chi connectivity index (χ0) is 27.8. The first-order valence-corrected chi connectivity index (χ1v) is 16.2. The van der Waals surface area contributed by atoms with Crippen LogP contribution < -0.4 is 9.64 Å². The van der Waals surface area contributed by atoms with Crippen LogP contribution in [0.3, 0.4) is 0 Å². The molecular formula is C29H43NO6S2. The molecule has 0 saturated heterocycles. The molecule has 0 fully saturated rings. The van der Waals surface area contributed by atoms with Gasteiger partial charge in [-0.2, -0.15) is 10.6 Å². The number of methoxy groups -OCH3 is 2. The number of para-hydroxylation sites is 1. The molecule has 1 aliphatic heterocycles. The van der Waals surface area contributed by atoms with Crippen molar-refractivity contribution < 1.29 is 28.1 Å². The fourth-order valence-electron chi connectivity index (χ4n) is 5.15. The summed E-state index contributed by atoms with van der Waals surface area (Å²) in [4.78, 5) is 15.6. The molecule has 1 unspecified atom stereocenters. The summed E-state index contributed by atoms with van der Waals surface area (Å²) in [5, 5.41) is 0. The number of unbranched alkanes of at least 4 members (excludes halogenated alkanes) is 2. The first-order chi connectivity index (χ1) is 18.2. The van der Waals surface area contributed by atoms with Gasteiger partial charge in [0.05, 0.1) is 22.6 Å². The third kappa shape index (κ3) is 7.18. The van der Waals surface area contributed by atoms with Gasteiger partial charge < -0.3 is 19.1 Å². The summed E-state index contributed by atoms with van der Waals surface area (Å²) in [5.74, 6) is 0.283. The van der Waals surface area contributed by atoms with Crippen molar-refractivity contribution in [3.05, 3.63) is 42.5 Å². The normalized spacial score (nSPS) is 17.7. The highest BCUT2D eigenvalue weighted by molar-refractivity contribution is 8.24. The van der Waals surface area contributed by atoms with Crippen molar-refractivity contribution in [2.75, 3.05) is 44.3 Å². The summed E-state index contributed by atoms with van der Waals surface area (Å²) in [6, 6.07) is 13.9. The maximum atomic E-state index is 12.0. The van der Waals surface area contributed by atoms with Crippen LogP contribution >= 0.6 is 22.4 Å². The minimum atomic E-state index is -3.15. The maximum Gasteiger partial charge on any atom is 0.338 e. The second-order valence-corrected chi connectivity index (χ2v) is 12.9. The van der Waals surface area contributed by atoms with Gasteiger partial charge in [0.25, 0.3) is 0 Å². The fraction of sp³-hybridized carbons (Fsp3) is 0.552. The third-order valence-electron chi connectivity index (χ3n) is 7.22. The molecule has 1 heterocycles. The van der Waals surface area contributed by atoms with Crippen LogP contribution in [-0.2, 0) is 14.3 Å². The van der Waals surface area contributed by atoms with Crippen LogP contribution in [-0.4, -0.2) is 60.6 Å². The Bertz CT molecular complexity index is 1040. The molecule has 212 valence electrons. The number of carbonyl (C=O) groups is 1. The lowest BCUT2D eigenvalue weighted by Crippen LogP contribution is -2.37. The smallest absolute Gasteiger partial charge is 0.338 e. The van der Waals surface area contributed by atoms with E-state index >= 15 is 0 Å². The molecule has 2 aromatic carbocycles. The number of ether oxygens (including phenoxy) is 3. The summed E-state index contributed by atoms with van der Waals surface area (Å²) in [7, 11) is -0.419. The summed E-state index contributed by atoms with van der Waals surface area (Å²) in [6.07, 6.45) is 7.13. The van der Waals surface area contributed by atoms with Crippen molar-refractivity contribution in [1.29, 1.82) is 0 Å². The molecule has 7 nitrogen and oxygen atoms in total. The molecule has 1 aliphatic rings. The minimum Gasteiger partial charge on any atom is -0.489 e. The summed E-state index contributed by atoms with van der Waals surface area (Å²) < 4.78 is 39.7. The van der Waals surface area contributed by atoms with Crippen LogP contribution in [0.5, 0.6) is 5.75 Å². The van der Waals surface area contributed by atoms with Gasteiger partial charge in [-0.15, -0.1) is 11.8 Å². The Balaban J connectivity index is 2.15. The van der Waals surface area contributed by atoms with Crippen molar-refractivity contribution in [3.8, 4) is 5.75 Å². The molecule has 0 radical (unpaired) electrons. The van der Waals surface area contributed by atoms with Gasteiger partial charge in [0.2, 0.25) is 0 Å². The molecule has 0 bridgehead atoms. The van der Waals surface area contributed by atoms with Crippen molar-refractivity contribution in [2.45, 2.75) is 68.3 Å². The number of rotatable bonds is 13. The quantitative estimate of drug-likeness (QED) is 0.190. The number of hydrogen-bond acceptors (Lipinski definition) is 8. The average molecular weight is 566 g/mol. The molecule has 0 aromatic heterocycles. The lowest BCUT2D eigenvalue weighted by atomic mass is 9.79. The molecule has 38 heavy (non-hydrogen) atoms. The highest BCUT2D eigenvalue weighted by Crippen LogP contribution is 2.62. The van der Waals surface area contributed by atoms with Crippen LogP contribution in [0.1, 0.15) is 52.4 Å². The largest absolute Gasteiger partial charge is 0.489 e. The van der Waals surface area contributed by atoms with E-state index in [9.17, 15) is 13.9 Å². The predicted molar refractivity (Wildman–Crippen MR) is 157 cm³/mol. The zero-order valence-corrected chi connectivity index (χ0v) is 24.9. The van der Waals surface area contributed by atoms with E-state index in [4.69, 9.17) is 14.2 Å². The summed E-state index contributed by atoms with van der Waals surface area (Å²) in [6.45, 7) is 5.03. The van der Waals surface area contributed by atoms with Crippen molar-refractivity contribution >= 4 is 39.7 Å². The number of nitrogens with zero attached hydrogens (tertiary/aromatic N) is 1. The summed E-state index contributed by atoms with van der Waals surface area (Å²) >= 11 is 1.51. The van der Waals surface area contributed by atoms with Crippen LogP contribution in [0.25, 0.3) is 0 Å². The average Bonchev–Trinajstić information content (AvgIpc) is 3.02. The van der Waals surface area contributed by atoms with E-state index in [1.54, 1.807) is 6.07 Å². The van der Waals surface area contributed by atoms with Crippen LogP contribution in [0.4, 0.5) is 11.4 Å². The van der Waals surface area contributed by atoms with Gasteiger partial charge in [0.15, 0.2) is 6.10 Å². The van der Waals surface area contributed by atoms with Crippen molar-refractivity contribution in [3.63, 3.8) is 0 Å². The van der Waals surface area contributed by atoms with Crippen molar-refractivity contribution in [2.24, 2.45) is 5.41 Å². The molecule has 0 aliphatic carbocycles. The third-order valence-corrected chi connectivity index (χ3v) is 10.0. The second-order valence-electron chi connectivity index (χ2n) is 9.97. The van der Waals surface area contributed by atoms with E-state index in [1.807, 2.05) is 30.5 Å². The minimum absolute atomic E-state index is 0.0476. The number of thioether (sulfide) groups is 1. The topological polar surface area (TPSA) is 88.5 Å². The SMILES string of the molecule is CCCCC1(CCCC)CN(c2ccccc2)c2cc(SC)c(OCC(OC)C(=O)OC)cc2S(O)(O)C1. The van der Waals surface area contributed by atoms with Gasteiger partial charge in [-0.1, -0.05) is 57.7 Å². The second kappa shape index (κ2) is 13.9. The number of carbonyl (C=O) groups excluding carboxylic acids is 1. The van der Waals surface area contributed by atoms with E-state index in [0.29, 0.717) is 22.9 Å². The Morgan fingerprint density at radius 1 is 1.11 bits per heavy atom. The number of hydrogen-bond donors (Lipinski definition) is 2. The van der Waals surface area contributed by atoms with Gasteiger partial charge in [0.1, 0.15) is 12.4 Å². The molecule has 3 rings (SSSR count). The molecule has 0 amide bonds. The molecule has 1 atom stereocenters. The highest BCUT2D eigenvalue weighted by Gasteiger charge is 2.42. The van der Waals surface area contributed by atoms with Crippen LogP contribution in [0.15, 0.2) is 52.3 Å². The van der Waals surface area contributed by atoms with Gasteiger partial charge in [-0.3, -0.25) is 9.11 Å². The molecule has 0 spiro atoms. The van der Waals surface area contributed by atoms with Crippen LogP contribution in [0.2, 0.25) is 0 Å². The molecular weight excluding hydrogens is 522 g/mol. The predicted octanol–water partition coefficient (Wildman–Crippen LogP) is 7.60. The number of fused-ring (bicyclic) bond motifs is 1. The Hall–Kier alpha value is -1.91. The van der Waals surface area contributed by atoms with E-state index in [1.165, 1.54) is 26.0 Å². The molecule has 9 heteroatoms. The fourth-order valence-corrected chi connectivity index (χ4v) is 7.88. The standard InChI is InChI=1S/C29H43NO6S2/c1-6-8-15-29(16-9-7-2)20-30(22-13-11-10-12-14-22)23-17-26(37-5)24(18-27(23)38(32,33)21-29)36-19-25(34-3)28(31)35-4/h10-14,17-18,25,32-33H,6-9,15-16,19-21H2,1-5H3. The van der Waals surface area contributed by atoms with E-state index in [-0.39, 0.29) is 12.0 Å². The van der Waals surface area contributed by atoms with E-state index in [0.717, 1.165) is 54.8 Å². The maximum absolute atomic E-state index is 12.0. The number of esters is 1. The monoisotopic (exact) mass is 565 g/mol. The molecule has 2 aromatic rings. The first kappa shape index (κ1) is 30.6. The Labute approximate surface area is 233 Å². The highest BCUT2D eigenvalue weighted by atomic mass is 32.3.